The largest absolute Gasteiger partial charge is 0.353 e. The third kappa shape index (κ3) is 3.84. The minimum absolute atomic E-state index is 0.245. The number of nitrogens with one attached hydrogen (secondary N) is 1. The maximum atomic E-state index is 11.7. The van der Waals surface area contributed by atoms with Gasteiger partial charge in [0, 0.05) is 12.5 Å². The summed E-state index contributed by atoms with van der Waals surface area (Å²) in [5.74, 6) is 2.00. The third-order valence-electron chi connectivity index (χ3n) is 3.85. The highest BCUT2D eigenvalue weighted by Crippen LogP contribution is 2.25. The van der Waals surface area contributed by atoms with Gasteiger partial charge in [-0.1, -0.05) is 34.1 Å². The van der Waals surface area contributed by atoms with Crippen molar-refractivity contribution in [3.63, 3.8) is 0 Å². The lowest BCUT2D eigenvalue weighted by Crippen LogP contribution is -2.37. The minimum Gasteiger partial charge on any atom is -0.353 e. The Kier molecular flexibility index (Phi) is 4.62. The van der Waals surface area contributed by atoms with E-state index in [1.54, 1.807) is 0 Å². The zero-order chi connectivity index (χ0) is 11.4. The molecule has 1 rings (SSSR count). The smallest absolute Gasteiger partial charge is 0.220 e. The second-order valence-electron chi connectivity index (χ2n) is 5.51. The second kappa shape index (κ2) is 5.53. The molecule has 1 amide bonds. The first kappa shape index (κ1) is 12.5. The van der Waals surface area contributed by atoms with Crippen LogP contribution in [-0.2, 0) is 4.79 Å². The average Bonchev–Trinajstić information content (AvgIpc) is 2.51. The van der Waals surface area contributed by atoms with Crippen LogP contribution >= 0.6 is 0 Å². The van der Waals surface area contributed by atoms with Crippen LogP contribution in [-0.4, -0.2) is 11.9 Å². The van der Waals surface area contributed by atoms with E-state index in [2.05, 4.69) is 33.0 Å². The van der Waals surface area contributed by atoms with Crippen molar-refractivity contribution in [3.05, 3.63) is 0 Å². The summed E-state index contributed by atoms with van der Waals surface area (Å²) in [6.45, 7) is 8.75. The summed E-state index contributed by atoms with van der Waals surface area (Å²) in [4.78, 5) is 11.7. The molecule has 2 heteroatoms. The highest BCUT2D eigenvalue weighted by Gasteiger charge is 2.25. The number of rotatable bonds is 4. The van der Waals surface area contributed by atoms with Crippen LogP contribution < -0.4 is 5.32 Å². The van der Waals surface area contributed by atoms with Crippen LogP contribution in [0.4, 0.5) is 0 Å². The van der Waals surface area contributed by atoms with Crippen LogP contribution in [0, 0.1) is 17.8 Å². The van der Waals surface area contributed by atoms with E-state index in [4.69, 9.17) is 0 Å². The molecular formula is C13H25NO. The van der Waals surface area contributed by atoms with Gasteiger partial charge < -0.3 is 5.32 Å². The molecule has 2 nitrogen and oxygen atoms in total. The molecule has 0 unspecified atom stereocenters. The van der Waals surface area contributed by atoms with Gasteiger partial charge in [-0.25, -0.2) is 0 Å². The first-order valence-electron chi connectivity index (χ1n) is 6.30. The van der Waals surface area contributed by atoms with Gasteiger partial charge >= 0.3 is 0 Å². The Labute approximate surface area is 93.8 Å². The standard InChI is InChI=1S/C13H25NO/c1-9(2)11(4)8-13(15)14-12-7-5-6-10(12)3/h9-12H,5-8H2,1-4H3,(H,14,15)/t10-,11+,12-/m0/s1. The average molecular weight is 211 g/mol. The van der Waals surface area contributed by atoms with Gasteiger partial charge in [0.05, 0.1) is 0 Å². The summed E-state index contributed by atoms with van der Waals surface area (Å²) >= 11 is 0. The summed E-state index contributed by atoms with van der Waals surface area (Å²) in [7, 11) is 0. The lowest BCUT2D eigenvalue weighted by Gasteiger charge is -2.20. The summed E-state index contributed by atoms with van der Waals surface area (Å²) in [6.07, 6.45) is 4.39. The highest BCUT2D eigenvalue weighted by atomic mass is 16.1. The molecule has 0 heterocycles. The zero-order valence-electron chi connectivity index (χ0n) is 10.5. The maximum Gasteiger partial charge on any atom is 0.220 e. The molecule has 0 aliphatic heterocycles. The van der Waals surface area contributed by atoms with Gasteiger partial charge in [-0.3, -0.25) is 4.79 Å². The topological polar surface area (TPSA) is 29.1 Å². The van der Waals surface area contributed by atoms with Gasteiger partial charge in [0.15, 0.2) is 0 Å². The molecule has 0 spiro atoms. The van der Waals surface area contributed by atoms with Crippen LogP contribution in [0.15, 0.2) is 0 Å². The van der Waals surface area contributed by atoms with Crippen molar-refractivity contribution in [3.8, 4) is 0 Å². The van der Waals surface area contributed by atoms with Gasteiger partial charge in [0.25, 0.3) is 0 Å². The van der Waals surface area contributed by atoms with Crippen molar-refractivity contribution in [2.45, 2.75) is 59.4 Å². The van der Waals surface area contributed by atoms with E-state index in [0.29, 0.717) is 30.2 Å². The molecule has 0 saturated heterocycles. The van der Waals surface area contributed by atoms with Crippen LogP contribution in [0.3, 0.4) is 0 Å². The minimum atomic E-state index is 0.245. The van der Waals surface area contributed by atoms with Crippen molar-refractivity contribution < 1.29 is 4.79 Å². The predicted molar refractivity (Wildman–Crippen MR) is 63.6 cm³/mol. The molecule has 0 radical (unpaired) electrons. The molecular weight excluding hydrogens is 186 g/mol. The fraction of sp³-hybridized carbons (Fsp3) is 0.923. The van der Waals surface area contributed by atoms with E-state index in [-0.39, 0.29) is 5.91 Å². The van der Waals surface area contributed by atoms with Gasteiger partial charge in [0.2, 0.25) is 5.91 Å². The Morgan fingerprint density at radius 1 is 1.33 bits per heavy atom. The summed E-state index contributed by atoms with van der Waals surface area (Å²) < 4.78 is 0. The molecule has 15 heavy (non-hydrogen) atoms. The number of hydrogen-bond donors (Lipinski definition) is 1. The third-order valence-corrected chi connectivity index (χ3v) is 3.85. The van der Waals surface area contributed by atoms with E-state index < -0.39 is 0 Å². The van der Waals surface area contributed by atoms with Gasteiger partial charge in [-0.2, -0.15) is 0 Å². The van der Waals surface area contributed by atoms with Crippen molar-refractivity contribution in [2.24, 2.45) is 17.8 Å². The monoisotopic (exact) mass is 211 g/mol. The molecule has 1 aliphatic carbocycles. The quantitative estimate of drug-likeness (QED) is 0.761. The molecule has 0 aromatic heterocycles. The van der Waals surface area contributed by atoms with Gasteiger partial charge in [-0.15, -0.1) is 0 Å². The number of carbonyl (C=O) groups excluding carboxylic acids is 1. The fourth-order valence-corrected chi connectivity index (χ4v) is 2.15. The molecule has 1 N–H and O–H groups in total. The SMILES string of the molecule is CC(C)[C@H](C)CC(=O)N[C@H]1CCC[C@@H]1C. The van der Waals surface area contributed by atoms with Crippen molar-refractivity contribution in [1.82, 2.24) is 5.32 Å². The zero-order valence-corrected chi connectivity index (χ0v) is 10.5. The van der Waals surface area contributed by atoms with E-state index in [0.717, 1.165) is 0 Å². The number of carbonyl (C=O) groups is 1. The van der Waals surface area contributed by atoms with Gasteiger partial charge in [-0.05, 0) is 30.6 Å². The summed E-state index contributed by atoms with van der Waals surface area (Å²) in [5, 5.41) is 3.18. The molecule has 0 bridgehead atoms. The number of hydrogen-bond acceptors (Lipinski definition) is 1. The molecule has 88 valence electrons. The Morgan fingerprint density at radius 3 is 2.47 bits per heavy atom. The molecule has 0 aromatic carbocycles. The number of amides is 1. The molecule has 1 aliphatic rings. The van der Waals surface area contributed by atoms with Crippen molar-refractivity contribution in [1.29, 1.82) is 0 Å². The molecule has 1 fully saturated rings. The lowest BCUT2D eigenvalue weighted by atomic mass is 9.94. The summed E-state index contributed by atoms with van der Waals surface area (Å²) in [6, 6.07) is 0.442. The van der Waals surface area contributed by atoms with Crippen LogP contribution in [0.25, 0.3) is 0 Å². The van der Waals surface area contributed by atoms with Crippen LogP contribution in [0.5, 0.6) is 0 Å². The van der Waals surface area contributed by atoms with Crippen molar-refractivity contribution in [2.75, 3.05) is 0 Å². The first-order chi connectivity index (χ1) is 7.00. The molecule has 3 atom stereocenters. The molecule has 0 aromatic rings. The Bertz CT molecular complexity index is 213. The van der Waals surface area contributed by atoms with Crippen molar-refractivity contribution >= 4 is 5.91 Å². The molecule has 1 saturated carbocycles. The van der Waals surface area contributed by atoms with Gasteiger partial charge in [0.1, 0.15) is 0 Å². The first-order valence-corrected chi connectivity index (χ1v) is 6.30. The van der Waals surface area contributed by atoms with E-state index in [1.165, 1.54) is 19.3 Å². The van der Waals surface area contributed by atoms with E-state index in [1.807, 2.05) is 0 Å². The van der Waals surface area contributed by atoms with Crippen LogP contribution in [0.2, 0.25) is 0 Å². The Balaban J connectivity index is 2.29. The Hall–Kier alpha value is -0.530. The Morgan fingerprint density at radius 2 is 2.00 bits per heavy atom. The highest BCUT2D eigenvalue weighted by molar-refractivity contribution is 5.76. The van der Waals surface area contributed by atoms with E-state index in [9.17, 15) is 4.79 Å². The fourth-order valence-electron chi connectivity index (χ4n) is 2.15. The van der Waals surface area contributed by atoms with E-state index >= 15 is 0 Å². The predicted octanol–water partition coefficient (Wildman–Crippen LogP) is 2.97. The van der Waals surface area contributed by atoms with Crippen LogP contribution in [0.1, 0.15) is 53.4 Å². The second-order valence-corrected chi connectivity index (χ2v) is 5.51. The normalized spacial score (nSPS) is 28.1. The lowest BCUT2D eigenvalue weighted by molar-refractivity contribution is -0.123. The maximum absolute atomic E-state index is 11.7. The summed E-state index contributed by atoms with van der Waals surface area (Å²) in [5.41, 5.74) is 0.